The van der Waals surface area contributed by atoms with E-state index in [2.05, 4.69) is 62.3 Å². The van der Waals surface area contributed by atoms with Gasteiger partial charge in [-0.3, -0.25) is 4.98 Å². The van der Waals surface area contributed by atoms with Gasteiger partial charge in [-0.25, -0.2) is 0 Å². The zero-order valence-corrected chi connectivity index (χ0v) is 22.2. The molecule has 0 N–H and O–H groups in total. The van der Waals surface area contributed by atoms with Crippen molar-refractivity contribution in [3.8, 4) is 16.9 Å². The molecule has 3 rings (SSSR count). The van der Waals surface area contributed by atoms with Gasteiger partial charge in [-0.05, 0) is 60.3 Å². The molecule has 2 aromatic rings. The van der Waals surface area contributed by atoms with Crippen LogP contribution in [0.5, 0.6) is 5.75 Å². The van der Waals surface area contributed by atoms with Gasteiger partial charge in [0, 0.05) is 18.0 Å². The molecule has 34 heavy (non-hydrogen) atoms. The molecule has 188 valence electrons. The van der Waals surface area contributed by atoms with Crippen molar-refractivity contribution in [2.24, 2.45) is 11.8 Å². The van der Waals surface area contributed by atoms with E-state index in [4.69, 9.17) is 4.74 Å². The standard InChI is InChI=1S/C32H49NO/c1-4-6-8-9-10-11-15-27-18-20-28(21-19-27)26(3)31-25-33-23-22-29(31)30-16-12-13-17-32(30)34-24-14-7-5-2/h12-13,16-17,22-23,25-28H,4-11,14-15,18-21,24H2,1-3H3. The van der Waals surface area contributed by atoms with Crippen LogP contribution in [0.25, 0.3) is 11.1 Å². The van der Waals surface area contributed by atoms with Crippen molar-refractivity contribution in [1.82, 2.24) is 4.98 Å². The van der Waals surface area contributed by atoms with E-state index in [1.54, 1.807) is 0 Å². The maximum atomic E-state index is 6.24. The van der Waals surface area contributed by atoms with Gasteiger partial charge < -0.3 is 4.74 Å². The highest BCUT2D eigenvalue weighted by Crippen LogP contribution is 2.43. The molecule has 1 atom stereocenters. The predicted molar refractivity (Wildman–Crippen MR) is 147 cm³/mol. The summed E-state index contributed by atoms with van der Waals surface area (Å²) in [5, 5.41) is 0. The van der Waals surface area contributed by atoms with Crippen molar-refractivity contribution >= 4 is 0 Å². The summed E-state index contributed by atoms with van der Waals surface area (Å²) in [6.07, 6.45) is 23.1. The highest BCUT2D eigenvalue weighted by molar-refractivity contribution is 5.73. The van der Waals surface area contributed by atoms with Crippen LogP contribution in [0, 0.1) is 11.8 Å². The summed E-state index contributed by atoms with van der Waals surface area (Å²) >= 11 is 0. The molecule has 1 aliphatic rings. The number of aromatic nitrogens is 1. The Morgan fingerprint density at radius 1 is 0.824 bits per heavy atom. The molecule has 0 amide bonds. The topological polar surface area (TPSA) is 22.1 Å². The lowest BCUT2D eigenvalue weighted by Gasteiger charge is -2.33. The first kappa shape index (κ1) is 26.8. The fourth-order valence-corrected chi connectivity index (χ4v) is 5.81. The molecule has 0 saturated heterocycles. The molecule has 0 aliphatic heterocycles. The number of hydrogen-bond acceptors (Lipinski definition) is 2. The number of rotatable bonds is 15. The number of hydrogen-bond donors (Lipinski definition) is 0. The van der Waals surface area contributed by atoms with E-state index in [-0.39, 0.29) is 0 Å². The Morgan fingerprint density at radius 3 is 2.32 bits per heavy atom. The van der Waals surface area contributed by atoms with Crippen LogP contribution in [0.15, 0.2) is 42.7 Å². The van der Waals surface area contributed by atoms with Gasteiger partial charge in [0.2, 0.25) is 0 Å². The van der Waals surface area contributed by atoms with Gasteiger partial charge >= 0.3 is 0 Å². The minimum atomic E-state index is 0.534. The lowest BCUT2D eigenvalue weighted by molar-refractivity contribution is 0.236. The third kappa shape index (κ3) is 8.14. The second kappa shape index (κ2) is 15.2. The number of ether oxygens (including phenoxy) is 1. The first-order valence-electron chi connectivity index (χ1n) is 14.4. The molecule has 2 nitrogen and oxygen atoms in total. The summed E-state index contributed by atoms with van der Waals surface area (Å²) in [6, 6.07) is 10.8. The van der Waals surface area contributed by atoms with E-state index in [0.29, 0.717) is 5.92 Å². The Bertz CT molecular complexity index is 808. The molecule has 0 bridgehead atoms. The normalized spacial score (nSPS) is 19.1. The fraction of sp³-hybridized carbons (Fsp3) is 0.656. The lowest BCUT2D eigenvalue weighted by Crippen LogP contribution is -2.19. The quantitative estimate of drug-likeness (QED) is 0.245. The molecule has 1 aliphatic carbocycles. The second-order valence-electron chi connectivity index (χ2n) is 10.6. The van der Waals surface area contributed by atoms with E-state index in [0.717, 1.165) is 30.6 Å². The van der Waals surface area contributed by atoms with Gasteiger partial charge in [0.1, 0.15) is 5.75 Å². The van der Waals surface area contributed by atoms with E-state index in [1.807, 2.05) is 6.20 Å². The van der Waals surface area contributed by atoms with Crippen LogP contribution >= 0.6 is 0 Å². The third-order valence-electron chi connectivity index (χ3n) is 8.09. The first-order chi connectivity index (χ1) is 16.7. The van der Waals surface area contributed by atoms with Crippen molar-refractivity contribution in [3.63, 3.8) is 0 Å². The molecule has 0 spiro atoms. The van der Waals surface area contributed by atoms with Crippen LogP contribution in [0.2, 0.25) is 0 Å². The average molecular weight is 464 g/mol. The summed E-state index contributed by atoms with van der Waals surface area (Å²) in [7, 11) is 0. The fourth-order valence-electron chi connectivity index (χ4n) is 5.81. The molecule has 1 aromatic carbocycles. The molecular formula is C32H49NO. The van der Waals surface area contributed by atoms with Crippen LogP contribution in [0.1, 0.15) is 122 Å². The Morgan fingerprint density at radius 2 is 1.53 bits per heavy atom. The minimum absolute atomic E-state index is 0.534. The average Bonchev–Trinajstić information content (AvgIpc) is 2.89. The van der Waals surface area contributed by atoms with Gasteiger partial charge in [-0.2, -0.15) is 0 Å². The highest BCUT2D eigenvalue weighted by atomic mass is 16.5. The molecule has 1 fully saturated rings. The predicted octanol–water partition coefficient (Wildman–Crippen LogP) is 9.98. The number of benzene rings is 1. The third-order valence-corrected chi connectivity index (χ3v) is 8.09. The summed E-state index contributed by atoms with van der Waals surface area (Å²) in [4.78, 5) is 4.55. The van der Waals surface area contributed by atoms with Crippen molar-refractivity contribution in [1.29, 1.82) is 0 Å². The molecule has 2 heteroatoms. The Hall–Kier alpha value is -1.83. The summed E-state index contributed by atoms with van der Waals surface area (Å²) < 4.78 is 6.24. The van der Waals surface area contributed by atoms with E-state index >= 15 is 0 Å². The van der Waals surface area contributed by atoms with Crippen LogP contribution in [-0.2, 0) is 0 Å². The highest BCUT2D eigenvalue weighted by Gasteiger charge is 2.27. The zero-order chi connectivity index (χ0) is 24.0. The number of para-hydroxylation sites is 1. The van der Waals surface area contributed by atoms with Crippen LogP contribution in [0.3, 0.4) is 0 Å². The van der Waals surface area contributed by atoms with Gasteiger partial charge in [-0.15, -0.1) is 0 Å². The van der Waals surface area contributed by atoms with Crippen LogP contribution in [-0.4, -0.2) is 11.6 Å². The molecular weight excluding hydrogens is 414 g/mol. The summed E-state index contributed by atoms with van der Waals surface area (Å²) in [6.45, 7) is 7.77. The van der Waals surface area contributed by atoms with Crippen molar-refractivity contribution in [2.75, 3.05) is 6.61 Å². The SMILES string of the molecule is CCCCCCCCC1CCC(C(C)c2cnccc2-c2ccccc2OCCCCC)CC1. The maximum Gasteiger partial charge on any atom is 0.127 e. The largest absolute Gasteiger partial charge is 0.493 e. The first-order valence-corrected chi connectivity index (χ1v) is 14.4. The summed E-state index contributed by atoms with van der Waals surface area (Å²) in [5.41, 5.74) is 3.93. The number of pyridine rings is 1. The van der Waals surface area contributed by atoms with Crippen LogP contribution in [0.4, 0.5) is 0 Å². The number of unbranched alkanes of at least 4 members (excludes halogenated alkanes) is 7. The molecule has 1 heterocycles. The summed E-state index contributed by atoms with van der Waals surface area (Å²) in [5.74, 6) is 3.27. The second-order valence-corrected chi connectivity index (χ2v) is 10.6. The Kier molecular flexibility index (Phi) is 12.0. The van der Waals surface area contributed by atoms with Crippen molar-refractivity contribution in [2.45, 2.75) is 117 Å². The molecule has 1 unspecified atom stereocenters. The minimum Gasteiger partial charge on any atom is -0.493 e. The molecule has 1 aromatic heterocycles. The van der Waals surface area contributed by atoms with E-state index in [9.17, 15) is 0 Å². The zero-order valence-electron chi connectivity index (χ0n) is 22.2. The number of nitrogens with zero attached hydrogens (tertiary/aromatic N) is 1. The van der Waals surface area contributed by atoms with Gasteiger partial charge in [0.15, 0.2) is 0 Å². The van der Waals surface area contributed by atoms with Crippen molar-refractivity contribution in [3.05, 3.63) is 48.3 Å². The maximum absolute atomic E-state index is 6.24. The Balaban J connectivity index is 1.58. The smallest absolute Gasteiger partial charge is 0.127 e. The van der Waals surface area contributed by atoms with Gasteiger partial charge in [-0.1, -0.05) is 110 Å². The van der Waals surface area contributed by atoms with Crippen molar-refractivity contribution < 1.29 is 4.74 Å². The van der Waals surface area contributed by atoms with Gasteiger partial charge in [0.05, 0.1) is 6.61 Å². The molecule has 1 saturated carbocycles. The van der Waals surface area contributed by atoms with E-state index in [1.165, 1.54) is 100 Å². The van der Waals surface area contributed by atoms with Crippen LogP contribution < -0.4 is 4.74 Å². The lowest BCUT2D eigenvalue weighted by atomic mass is 9.72. The molecule has 0 radical (unpaired) electrons. The monoisotopic (exact) mass is 463 g/mol. The Labute approximate surface area is 209 Å². The van der Waals surface area contributed by atoms with E-state index < -0.39 is 0 Å². The van der Waals surface area contributed by atoms with Gasteiger partial charge in [0.25, 0.3) is 0 Å².